The third kappa shape index (κ3) is 4.49. The van der Waals surface area contributed by atoms with Crippen molar-refractivity contribution in [1.82, 2.24) is 0 Å². The molecule has 0 aliphatic heterocycles. The minimum absolute atomic E-state index is 0.0163. The zero-order chi connectivity index (χ0) is 13.4. The normalized spacial score (nSPS) is 11.4. The van der Waals surface area contributed by atoms with Crippen LogP contribution in [0.1, 0.15) is 24.9 Å². The van der Waals surface area contributed by atoms with Gasteiger partial charge in [0.2, 0.25) is 0 Å². The topological polar surface area (TPSA) is 78.2 Å². The van der Waals surface area contributed by atoms with Crippen molar-refractivity contribution in [3.05, 3.63) is 52.4 Å². The summed E-state index contributed by atoms with van der Waals surface area (Å²) >= 11 is 0. The Morgan fingerprint density at radius 2 is 2.17 bits per heavy atom. The van der Waals surface area contributed by atoms with Gasteiger partial charge in [0.05, 0.1) is 6.04 Å². The van der Waals surface area contributed by atoms with E-state index in [1.165, 1.54) is 0 Å². The van der Waals surface area contributed by atoms with E-state index in [1.807, 2.05) is 31.2 Å². The van der Waals surface area contributed by atoms with Crippen molar-refractivity contribution in [2.75, 3.05) is 13.2 Å². The third-order valence-corrected chi connectivity index (χ3v) is 2.34. The number of hydrogen-bond acceptors (Lipinski definition) is 3. The predicted molar refractivity (Wildman–Crippen MR) is 70.3 cm³/mol. The van der Waals surface area contributed by atoms with Crippen molar-refractivity contribution in [1.29, 1.82) is 0 Å². The van der Waals surface area contributed by atoms with E-state index in [9.17, 15) is 0 Å². The largest absolute Gasteiger partial charge is 0.489 e. The highest BCUT2D eigenvalue weighted by Gasteiger charge is 2.08. The average Bonchev–Trinajstić information content (AvgIpc) is 2.37. The summed E-state index contributed by atoms with van der Waals surface area (Å²) in [5.74, 6) is 0.741. The fraction of sp³-hybridized carbons (Fsp3) is 0.385. The van der Waals surface area contributed by atoms with Crippen LogP contribution >= 0.6 is 0 Å². The van der Waals surface area contributed by atoms with Crippen LogP contribution in [0.5, 0.6) is 5.75 Å². The molecular formula is C13H17N3O2. The second-order valence-electron chi connectivity index (χ2n) is 4.05. The van der Waals surface area contributed by atoms with Crippen molar-refractivity contribution in [2.45, 2.75) is 19.4 Å². The lowest BCUT2D eigenvalue weighted by Crippen LogP contribution is -2.00. The van der Waals surface area contributed by atoms with E-state index < -0.39 is 0 Å². The van der Waals surface area contributed by atoms with Crippen LogP contribution in [0.3, 0.4) is 0 Å². The summed E-state index contributed by atoms with van der Waals surface area (Å²) in [7, 11) is 0. The van der Waals surface area contributed by atoms with Crippen LogP contribution in [0.25, 0.3) is 10.4 Å². The Morgan fingerprint density at radius 3 is 2.67 bits per heavy atom. The quantitative estimate of drug-likeness (QED) is 0.347. The van der Waals surface area contributed by atoms with Gasteiger partial charge in [-0.05, 0) is 42.1 Å². The highest BCUT2D eigenvalue weighted by molar-refractivity contribution is 5.29. The van der Waals surface area contributed by atoms with Crippen molar-refractivity contribution in [2.24, 2.45) is 5.11 Å². The van der Waals surface area contributed by atoms with Gasteiger partial charge in [0.25, 0.3) is 0 Å². The van der Waals surface area contributed by atoms with Crippen molar-refractivity contribution >= 4 is 0 Å². The molecule has 1 aromatic carbocycles. The van der Waals surface area contributed by atoms with Crippen molar-refractivity contribution < 1.29 is 9.84 Å². The molecule has 0 aliphatic carbocycles. The maximum atomic E-state index is 8.91. The number of ether oxygens (including phenoxy) is 1. The Morgan fingerprint density at radius 1 is 1.50 bits per heavy atom. The molecule has 1 atom stereocenters. The molecule has 0 aromatic heterocycles. The van der Waals surface area contributed by atoms with E-state index in [0.717, 1.165) is 16.9 Å². The summed E-state index contributed by atoms with van der Waals surface area (Å²) in [5.41, 5.74) is 10.3. The van der Waals surface area contributed by atoms with Gasteiger partial charge in [-0.1, -0.05) is 23.8 Å². The van der Waals surface area contributed by atoms with Crippen LogP contribution in [-0.2, 0) is 0 Å². The van der Waals surface area contributed by atoms with Gasteiger partial charge < -0.3 is 9.84 Å². The molecule has 0 aliphatic rings. The lowest BCUT2D eigenvalue weighted by atomic mass is 10.1. The van der Waals surface area contributed by atoms with Gasteiger partial charge in [0.1, 0.15) is 12.4 Å². The highest BCUT2D eigenvalue weighted by Crippen LogP contribution is 2.23. The van der Waals surface area contributed by atoms with Gasteiger partial charge in [-0.25, -0.2) is 0 Å². The third-order valence-electron chi connectivity index (χ3n) is 2.34. The van der Waals surface area contributed by atoms with Crippen LogP contribution in [0.2, 0.25) is 0 Å². The molecule has 1 aromatic rings. The first-order chi connectivity index (χ1) is 8.67. The number of azide groups is 1. The van der Waals surface area contributed by atoms with Crippen molar-refractivity contribution in [3.8, 4) is 5.75 Å². The zero-order valence-electron chi connectivity index (χ0n) is 10.4. The Kier molecular flexibility index (Phi) is 5.77. The first-order valence-corrected chi connectivity index (χ1v) is 5.69. The molecule has 1 rings (SSSR count). The van der Waals surface area contributed by atoms with E-state index in [-0.39, 0.29) is 12.6 Å². The highest BCUT2D eigenvalue weighted by atomic mass is 16.5. The van der Waals surface area contributed by atoms with E-state index in [4.69, 9.17) is 15.4 Å². The molecule has 0 amide bonds. The molecule has 0 saturated heterocycles. The van der Waals surface area contributed by atoms with E-state index in [2.05, 4.69) is 16.6 Å². The minimum atomic E-state index is -0.338. The lowest BCUT2D eigenvalue weighted by molar-refractivity contribution is 0.276. The number of aliphatic hydroxyl groups is 1. The number of hydrogen-bond donors (Lipinski definition) is 1. The Labute approximate surface area is 106 Å². The second kappa shape index (κ2) is 7.37. The van der Waals surface area contributed by atoms with Gasteiger partial charge in [0, 0.05) is 11.5 Å². The standard InChI is InChI=1S/C13H17N3O2/c1-10(2)9-18-12-5-3-11(4-6-12)13(7-8-17)15-16-14/h3-6,13,17H,1,7-9H2,2H3. The monoisotopic (exact) mass is 247 g/mol. The Hall–Kier alpha value is -1.97. The fourth-order valence-corrected chi connectivity index (χ4v) is 1.47. The molecule has 0 fully saturated rings. The summed E-state index contributed by atoms with van der Waals surface area (Å²) in [5, 5.41) is 12.6. The molecule has 0 spiro atoms. The molecule has 0 radical (unpaired) electrons. The van der Waals surface area contributed by atoms with Crippen LogP contribution in [0.4, 0.5) is 0 Å². The summed E-state index contributed by atoms with van der Waals surface area (Å²) in [6.45, 7) is 6.12. The molecule has 5 nitrogen and oxygen atoms in total. The number of nitrogens with zero attached hydrogens (tertiary/aromatic N) is 3. The smallest absolute Gasteiger partial charge is 0.119 e. The predicted octanol–water partition coefficient (Wildman–Crippen LogP) is 3.38. The van der Waals surface area contributed by atoms with E-state index in [0.29, 0.717) is 13.0 Å². The van der Waals surface area contributed by atoms with E-state index in [1.54, 1.807) is 0 Å². The molecule has 96 valence electrons. The van der Waals surface area contributed by atoms with Crippen LogP contribution in [-0.4, -0.2) is 18.3 Å². The second-order valence-corrected chi connectivity index (χ2v) is 4.05. The van der Waals surface area contributed by atoms with Gasteiger partial charge in [-0.2, -0.15) is 0 Å². The zero-order valence-corrected chi connectivity index (χ0v) is 10.4. The molecule has 1 N–H and O–H groups in total. The van der Waals surface area contributed by atoms with Crippen LogP contribution in [0, 0.1) is 0 Å². The SMILES string of the molecule is C=C(C)COc1ccc(C(CCO)N=[N+]=[N-])cc1. The average molecular weight is 247 g/mol. The summed E-state index contributed by atoms with van der Waals surface area (Å²) in [6.07, 6.45) is 0.413. The molecule has 0 heterocycles. The maximum Gasteiger partial charge on any atom is 0.119 e. The summed E-state index contributed by atoms with van der Waals surface area (Å²) in [6, 6.07) is 6.96. The van der Waals surface area contributed by atoms with Crippen LogP contribution < -0.4 is 4.74 Å². The lowest BCUT2D eigenvalue weighted by Gasteiger charge is -2.11. The first kappa shape index (κ1) is 14.1. The molecule has 18 heavy (non-hydrogen) atoms. The van der Waals surface area contributed by atoms with Gasteiger partial charge in [-0.3, -0.25) is 0 Å². The molecular weight excluding hydrogens is 230 g/mol. The van der Waals surface area contributed by atoms with Crippen molar-refractivity contribution in [3.63, 3.8) is 0 Å². The molecule has 0 saturated carbocycles. The molecule has 1 unspecified atom stereocenters. The molecule has 0 bridgehead atoms. The van der Waals surface area contributed by atoms with E-state index >= 15 is 0 Å². The summed E-state index contributed by atoms with van der Waals surface area (Å²) < 4.78 is 5.47. The van der Waals surface area contributed by atoms with Gasteiger partial charge in [-0.15, -0.1) is 0 Å². The summed E-state index contributed by atoms with van der Waals surface area (Å²) in [4.78, 5) is 2.78. The Balaban J connectivity index is 2.73. The number of rotatable bonds is 7. The fourth-order valence-electron chi connectivity index (χ4n) is 1.47. The number of benzene rings is 1. The Bertz CT molecular complexity index is 436. The van der Waals surface area contributed by atoms with Crippen LogP contribution in [0.15, 0.2) is 41.5 Å². The van der Waals surface area contributed by atoms with Gasteiger partial charge in [0.15, 0.2) is 0 Å². The van der Waals surface area contributed by atoms with Gasteiger partial charge >= 0.3 is 0 Å². The number of aliphatic hydroxyl groups excluding tert-OH is 1. The first-order valence-electron chi connectivity index (χ1n) is 5.69. The minimum Gasteiger partial charge on any atom is -0.489 e. The maximum absolute atomic E-state index is 8.91. The molecule has 5 heteroatoms.